The zero-order chi connectivity index (χ0) is 85.5. The van der Waals surface area contributed by atoms with Crippen molar-refractivity contribution in [1.29, 1.82) is 0 Å². The molecule has 22 heteroatoms. The number of carbonyl (C=O) groups is 1. The maximum Gasteiger partial charge on any atom is 0.155 e. The molecular weight excluding hydrogens is 2670 g/mol. The van der Waals surface area contributed by atoms with Crippen molar-refractivity contribution in [2.75, 3.05) is 23.9 Å². The van der Waals surface area contributed by atoms with Crippen molar-refractivity contribution in [2.45, 2.75) is 34.6 Å². The van der Waals surface area contributed by atoms with E-state index in [1.807, 2.05) is 256 Å². The summed E-state index contributed by atoms with van der Waals surface area (Å²) in [5.41, 5.74) is 21.1. The summed E-state index contributed by atoms with van der Waals surface area (Å²) in [6, 6.07) is 119. The van der Waals surface area contributed by atoms with E-state index in [0.29, 0.717) is 11.4 Å². The minimum Gasteiger partial charge on any atom is -0.512 e. The van der Waals surface area contributed by atoms with Gasteiger partial charge in [-0.2, -0.15) is 0 Å². The van der Waals surface area contributed by atoms with Crippen LogP contribution < -0.4 is 9.80 Å². The Morgan fingerprint density at radius 3 is 1.20 bits per heavy atom. The van der Waals surface area contributed by atoms with Gasteiger partial charge in [0.25, 0.3) is 0 Å². The standard InChI is InChI=1S/C23H16FN2.C16H11N2.C13H12FN2.C12H8F2N.2C12H10N.C12H10O.C5H8O2.5Ir.Pt/c24-19-13-11-18(12-14-19)23-17-22(15-16-25-23)26(20-7-3-1-4-8-20)21-9-5-2-6-10-21;1-3-10-17-15(8-1)13-6-5-7-14(12-13)16-9-2-4-11-18-16;1-16(2)12-7-8-15-13(9-12)10-3-5-11(14)6-4-10;1-8-4-5-15-12(6-8)10-3-2-9(13)7-11(10)14;1-10-5-4-6-11(9-10)12-7-2-3-8-13-12;1-10-5-7-11(8-6-10)12-4-2-3-9-13-12;13-12-9-5-4-8-11(12)10-6-2-1-3-7-10;1-4(6)3-5(2)7;;;;;;/h1-11,13-17H;1-11H;3,5-9H,1-2H3;2,4-7H,1H3;2-5,7-9H,1H3;2-7,9H,1H3;1-9,13H;3,6H,1-2H3;;;;;;/q6*-1;;;;;;;;. The molecule has 5 radical (unpaired) electrons. The van der Waals surface area contributed by atoms with Gasteiger partial charge in [0.05, 0.1) is 5.76 Å². The monoisotopic (exact) mass is 2760 g/mol. The number of aromatic hydroxyl groups is 1. The van der Waals surface area contributed by atoms with E-state index < -0.39 is 11.6 Å². The Morgan fingerprint density at radius 2 is 0.764 bits per heavy atom. The van der Waals surface area contributed by atoms with Crippen LogP contribution in [0.5, 0.6) is 5.75 Å². The molecule has 0 bridgehead atoms. The predicted molar refractivity (Wildman–Crippen MR) is 478 cm³/mol. The number of phenolic OH excluding ortho intramolecular Hbond substituents is 1. The molecule has 7 heterocycles. The molecule has 0 aliphatic rings. The van der Waals surface area contributed by atoms with E-state index in [1.165, 1.54) is 55.3 Å². The third-order valence-corrected chi connectivity index (χ3v) is 17.3. The molecule has 17 aromatic rings. The number of hydrogen-bond donors (Lipinski definition) is 2. The number of rotatable bonds is 13. The molecule has 0 aliphatic carbocycles. The predicted octanol–water partition coefficient (Wildman–Crippen LogP) is 25.5. The van der Waals surface area contributed by atoms with Crippen molar-refractivity contribution in [3.63, 3.8) is 0 Å². The van der Waals surface area contributed by atoms with Crippen molar-refractivity contribution < 1.29 is 154 Å². The first-order valence-electron chi connectivity index (χ1n) is 38.3. The molecule has 657 valence electrons. The normalized spacial score (nSPS) is 9.77. The van der Waals surface area contributed by atoms with Gasteiger partial charge in [-0.05, 0) is 128 Å². The molecule has 17 rings (SSSR count). The van der Waals surface area contributed by atoms with E-state index in [0.717, 1.165) is 119 Å². The molecule has 0 spiro atoms. The number of halogens is 4. The fraction of sp³-hybridized carbons (Fsp3) is 0.0667. The van der Waals surface area contributed by atoms with E-state index in [9.17, 15) is 27.5 Å². The van der Waals surface area contributed by atoms with Gasteiger partial charge >= 0.3 is 0 Å². The number of nitrogens with zero attached hydrogens (tertiary/aromatic N) is 9. The number of aliphatic hydroxyl groups excluding tert-OH is 1. The minimum atomic E-state index is -0.645. The van der Waals surface area contributed by atoms with Crippen LogP contribution in [0.4, 0.5) is 40.3 Å². The number of aromatic nitrogens is 7. The maximum absolute atomic E-state index is 13.4. The Kier molecular flexibility index (Phi) is 49.2. The number of anilines is 4. The molecule has 0 aliphatic heterocycles. The van der Waals surface area contributed by atoms with Gasteiger partial charge in [-0.3, -0.25) is 32.3 Å². The fourth-order valence-electron chi connectivity index (χ4n) is 11.5. The summed E-state index contributed by atoms with van der Waals surface area (Å²) in [5.74, 6) is -1.61. The number of phenols is 1. The number of aryl methyl sites for hydroxylation is 3. The number of benzene rings is 10. The van der Waals surface area contributed by atoms with Crippen LogP contribution in [-0.2, 0) is 126 Å². The van der Waals surface area contributed by atoms with Gasteiger partial charge < -0.3 is 44.9 Å². The number of pyridine rings is 7. The third kappa shape index (κ3) is 36.1. The largest absolute Gasteiger partial charge is 0.512 e. The summed E-state index contributed by atoms with van der Waals surface area (Å²) < 4.78 is 52.0. The second-order valence-electron chi connectivity index (χ2n) is 27.0. The van der Waals surface area contributed by atoms with Gasteiger partial charge in [-0.1, -0.05) is 194 Å². The molecule has 0 fully saturated rings. The quantitative estimate of drug-likeness (QED) is 0.0489. The van der Waals surface area contributed by atoms with Crippen LogP contribution in [0.25, 0.3) is 89.9 Å². The molecule has 0 saturated carbocycles. The molecule has 0 saturated heterocycles. The van der Waals surface area contributed by atoms with Gasteiger partial charge in [0.1, 0.15) is 5.75 Å². The van der Waals surface area contributed by atoms with E-state index in [1.54, 1.807) is 67.6 Å². The second-order valence-corrected chi connectivity index (χ2v) is 27.0. The van der Waals surface area contributed by atoms with Crippen molar-refractivity contribution in [1.82, 2.24) is 34.9 Å². The van der Waals surface area contributed by atoms with Gasteiger partial charge in [-0.25, -0.2) is 0 Å². The van der Waals surface area contributed by atoms with Gasteiger partial charge in [0.15, 0.2) is 5.78 Å². The summed E-state index contributed by atoms with van der Waals surface area (Å²) in [7, 11) is 3.93. The van der Waals surface area contributed by atoms with Crippen molar-refractivity contribution in [3.05, 3.63) is 459 Å². The second kappa shape index (κ2) is 58.0. The van der Waals surface area contributed by atoms with Crippen molar-refractivity contribution in [2.24, 2.45) is 0 Å². The molecular formula is C105H85F4Ir5N9O3Pt-6. The Bertz CT molecular complexity index is 5950. The molecule has 127 heavy (non-hydrogen) atoms. The minimum absolute atomic E-state index is 0. The summed E-state index contributed by atoms with van der Waals surface area (Å²) >= 11 is 0. The topological polar surface area (TPSA) is 154 Å². The van der Waals surface area contributed by atoms with E-state index >= 15 is 0 Å². The molecule has 0 atom stereocenters. The molecule has 0 unspecified atom stereocenters. The van der Waals surface area contributed by atoms with Gasteiger partial charge in [-0.15, -0.1) is 167 Å². The number of hydrogen-bond acceptors (Lipinski definition) is 12. The molecule has 12 nitrogen and oxygen atoms in total. The molecule has 2 N–H and O–H groups in total. The Labute approximate surface area is 823 Å². The van der Waals surface area contributed by atoms with Crippen LogP contribution in [-0.4, -0.2) is 65.0 Å². The molecule has 10 aromatic carbocycles. The first kappa shape index (κ1) is 108. The number of para-hydroxylation sites is 3. The SMILES string of the molecule is CC(=O)C=C(C)O.CN(C)c1ccnc(-c2[c-]cc(F)cc2)c1.Cc1c[c-]c(-c2ccccn2)cc1.Cc1cc[c-]c(-c2ccccn2)c1.Cc1ccnc(-c2[c-]cc(F)cc2F)c1.Fc1c[c-]c(-c2cc(N(c3ccccc3)c3ccccc3)ccn2)cc1.Oc1ccccc1-c1ccccc1.[Ir].[Ir].[Ir].[Ir].[Ir].[Pt].[c-]1c(-c2ccccn2)cccc1-c1ccccn1. The third-order valence-electron chi connectivity index (χ3n) is 17.3. The smallest absolute Gasteiger partial charge is 0.155 e. The van der Waals surface area contributed by atoms with Gasteiger partial charge in [0, 0.05) is 248 Å². The Morgan fingerprint density at radius 1 is 0.346 bits per heavy atom. The molecule has 7 aromatic heterocycles. The van der Waals surface area contributed by atoms with E-state index in [-0.39, 0.29) is 150 Å². The average Bonchev–Trinajstić information content (AvgIpc) is 0.800. The van der Waals surface area contributed by atoms with E-state index in [2.05, 4.69) is 126 Å². The summed E-state index contributed by atoms with van der Waals surface area (Å²) in [4.78, 5) is 44.0. The van der Waals surface area contributed by atoms with Crippen LogP contribution in [0.2, 0.25) is 0 Å². The van der Waals surface area contributed by atoms with E-state index in [4.69, 9.17) is 5.11 Å². The van der Waals surface area contributed by atoms with Crippen LogP contribution >= 0.6 is 0 Å². The van der Waals surface area contributed by atoms with Crippen LogP contribution in [0.15, 0.2) is 383 Å². The van der Waals surface area contributed by atoms with Crippen LogP contribution in [0, 0.1) is 80.4 Å². The maximum atomic E-state index is 13.4. The number of aliphatic hydroxyl groups is 1. The van der Waals surface area contributed by atoms with Crippen molar-refractivity contribution in [3.8, 4) is 95.7 Å². The zero-order valence-corrected chi connectivity index (χ0v) is 83.9. The number of ketones is 1. The van der Waals surface area contributed by atoms with Crippen LogP contribution in [0.1, 0.15) is 30.5 Å². The number of carbonyl (C=O) groups excluding carboxylic acids is 1. The first-order valence-corrected chi connectivity index (χ1v) is 38.3. The summed E-state index contributed by atoms with van der Waals surface area (Å²) in [5, 5.41) is 17.9. The summed E-state index contributed by atoms with van der Waals surface area (Å²) in [6.07, 6.45) is 13.4. The fourth-order valence-corrected chi connectivity index (χ4v) is 11.5. The van der Waals surface area contributed by atoms with Crippen molar-refractivity contribution >= 4 is 28.5 Å². The Hall–Kier alpha value is -11.5. The first-order chi connectivity index (χ1) is 58.8. The van der Waals surface area contributed by atoms with Gasteiger partial charge in [0.2, 0.25) is 0 Å². The zero-order valence-electron chi connectivity index (χ0n) is 69.6. The molecule has 0 amide bonds. The van der Waals surface area contributed by atoms with Crippen LogP contribution in [0.3, 0.4) is 0 Å². The number of allylic oxidation sites excluding steroid dienone is 2. The summed E-state index contributed by atoms with van der Waals surface area (Å²) in [6.45, 7) is 8.85. The average molecular weight is 2750 g/mol. The Balaban J connectivity index is 0.000000308.